The molecule has 98 valence electrons. The van der Waals surface area contributed by atoms with Gasteiger partial charge in [0, 0.05) is 23.7 Å². The van der Waals surface area contributed by atoms with Crippen molar-refractivity contribution < 1.29 is 9.90 Å². The summed E-state index contributed by atoms with van der Waals surface area (Å²) in [5.41, 5.74) is 1.43. The minimum Gasteiger partial charge on any atom is -0.391 e. The Morgan fingerprint density at radius 3 is 2.89 bits per heavy atom. The molecule has 0 radical (unpaired) electrons. The van der Waals surface area contributed by atoms with Gasteiger partial charge in [-0.05, 0) is 37.0 Å². The Morgan fingerprint density at radius 1 is 1.50 bits per heavy atom. The number of carbonyl (C=O) groups is 1. The van der Waals surface area contributed by atoms with E-state index in [-0.39, 0.29) is 11.8 Å². The Balaban J connectivity index is 2.19. The second-order valence-electron chi connectivity index (χ2n) is 5.00. The maximum absolute atomic E-state index is 12.4. The molecule has 1 aromatic rings. The van der Waals surface area contributed by atoms with Crippen molar-refractivity contribution in [2.24, 2.45) is 5.92 Å². The van der Waals surface area contributed by atoms with Crippen LogP contribution in [0.2, 0.25) is 5.02 Å². The molecular weight excluding hydrogens is 250 g/mol. The van der Waals surface area contributed by atoms with Crippen LogP contribution in [-0.4, -0.2) is 35.1 Å². The van der Waals surface area contributed by atoms with Crippen molar-refractivity contribution in [1.29, 1.82) is 0 Å². The number of carbonyl (C=O) groups excluding carboxylic acids is 1. The summed E-state index contributed by atoms with van der Waals surface area (Å²) in [5.74, 6) is 0.218. The zero-order valence-corrected chi connectivity index (χ0v) is 11.4. The number of piperidine rings is 1. The Morgan fingerprint density at radius 2 is 2.22 bits per heavy atom. The van der Waals surface area contributed by atoms with Crippen LogP contribution in [0.5, 0.6) is 0 Å². The molecule has 2 atom stereocenters. The molecule has 1 heterocycles. The van der Waals surface area contributed by atoms with Crippen LogP contribution in [-0.2, 0) is 0 Å². The molecule has 1 aliphatic heterocycles. The highest BCUT2D eigenvalue weighted by atomic mass is 35.5. The molecule has 2 rings (SSSR count). The average Bonchev–Trinajstić information content (AvgIpc) is 2.35. The fourth-order valence-corrected chi connectivity index (χ4v) is 2.42. The minimum atomic E-state index is -0.429. The predicted octanol–water partition coefficient (Wildman–Crippen LogP) is 2.49. The van der Waals surface area contributed by atoms with Crippen LogP contribution in [0.15, 0.2) is 18.2 Å². The smallest absolute Gasteiger partial charge is 0.254 e. The number of hydrogen-bond donors (Lipinski definition) is 1. The van der Waals surface area contributed by atoms with Crippen molar-refractivity contribution >= 4 is 17.5 Å². The van der Waals surface area contributed by atoms with E-state index in [1.165, 1.54) is 0 Å². The molecule has 1 fully saturated rings. The Labute approximate surface area is 112 Å². The highest BCUT2D eigenvalue weighted by molar-refractivity contribution is 6.31. The van der Waals surface area contributed by atoms with Gasteiger partial charge in [0.2, 0.25) is 0 Å². The van der Waals surface area contributed by atoms with Gasteiger partial charge in [0.25, 0.3) is 5.91 Å². The molecule has 1 N–H and O–H groups in total. The van der Waals surface area contributed by atoms with E-state index in [2.05, 4.69) is 0 Å². The lowest BCUT2D eigenvalue weighted by molar-refractivity contribution is 0.0248. The molecule has 0 spiro atoms. The lowest BCUT2D eigenvalue weighted by Crippen LogP contribution is -2.46. The number of nitrogens with zero attached hydrogens (tertiary/aromatic N) is 1. The fraction of sp³-hybridized carbons (Fsp3) is 0.500. The van der Waals surface area contributed by atoms with Crippen LogP contribution in [0.1, 0.15) is 29.3 Å². The molecule has 4 heteroatoms. The molecule has 1 amide bonds. The molecule has 2 unspecified atom stereocenters. The van der Waals surface area contributed by atoms with Crippen molar-refractivity contribution in [1.82, 2.24) is 4.90 Å². The fourth-order valence-electron chi connectivity index (χ4n) is 2.24. The maximum atomic E-state index is 12.4. The zero-order valence-electron chi connectivity index (χ0n) is 10.7. The Hall–Kier alpha value is -1.06. The largest absolute Gasteiger partial charge is 0.391 e. The SMILES string of the molecule is Cc1c(Cl)cccc1C(=O)N1CCC(C)C(O)C1. The van der Waals surface area contributed by atoms with Gasteiger partial charge >= 0.3 is 0 Å². The Kier molecular flexibility index (Phi) is 3.93. The molecular formula is C14H18ClNO2. The zero-order chi connectivity index (χ0) is 13.3. The van der Waals surface area contributed by atoms with Gasteiger partial charge in [-0.1, -0.05) is 24.6 Å². The minimum absolute atomic E-state index is 0.0408. The van der Waals surface area contributed by atoms with Gasteiger partial charge in [-0.3, -0.25) is 4.79 Å². The number of likely N-dealkylation sites (tertiary alicyclic amines) is 1. The second-order valence-corrected chi connectivity index (χ2v) is 5.40. The van der Waals surface area contributed by atoms with E-state index in [0.29, 0.717) is 23.7 Å². The van der Waals surface area contributed by atoms with Crippen molar-refractivity contribution in [3.63, 3.8) is 0 Å². The first-order valence-corrected chi connectivity index (χ1v) is 6.61. The summed E-state index contributed by atoms with van der Waals surface area (Å²) in [4.78, 5) is 14.1. The first kappa shape index (κ1) is 13.4. The summed E-state index contributed by atoms with van der Waals surface area (Å²) < 4.78 is 0. The van der Waals surface area contributed by atoms with Crippen LogP contribution in [0.25, 0.3) is 0 Å². The molecule has 0 aliphatic carbocycles. The quantitative estimate of drug-likeness (QED) is 0.849. The van der Waals surface area contributed by atoms with Crippen molar-refractivity contribution in [3.8, 4) is 0 Å². The summed E-state index contributed by atoms with van der Waals surface area (Å²) in [6.45, 7) is 4.96. The monoisotopic (exact) mass is 267 g/mol. The van der Waals surface area contributed by atoms with Crippen molar-refractivity contribution in [2.45, 2.75) is 26.4 Å². The van der Waals surface area contributed by atoms with Crippen LogP contribution in [0.4, 0.5) is 0 Å². The topological polar surface area (TPSA) is 40.5 Å². The van der Waals surface area contributed by atoms with Gasteiger partial charge in [0.1, 0.15) is 0 Å². The standard InChI is InChI=1S/C14H18ClNO2/c1-9-6-7-16(8-13(9)17)14(18)11-4-3-5-12(15)10(11)2/h3-5,9,13,17H,6-8H2,1-2H3. The molecule has 1 saturated heterocycles. The van der Waals surface area contributed by atoms with Crippen LogP contribution in [0, 0.1) is 12.8 Å². The predicted molar refractivity (Wildman–Crippen MR) is 71.9 cm³/mol. The number of aliphatic hydroxyl groups excluding tert-OH is 1. The summed E-state index contributed by atoms with van der Waals surface area (Å²) >= 11 is 6.03. The van der Waals surface area contributed by atoms with Gasteiger partial charge < -0.3 is 10.0 Å². The summed E-state index contributed by atoms with van der Waals surface area (Å²) in [6, 6.07) is 5.35. The van der Waals surface area contributed by atoms with E-state index < -0.39 is 6.10 Å². The molecule has 0 aromatic heterocycles. The Bertz CT molecular complexity index is 461. The van der Waals surface area contributed by atoms with Crippen LogP contribution in [0.3, 0.4) is 0 Å². The maximum Gasteiger partial charge on any atom is 0.254 e. The highest BCUT2D eigenvalue weighted by Crippen LogP contribution is 2.23. The van der Waals surface area contributed by atoms with E-state index in [1.807, 2.05) is 13.8 Å². The van der Waals surface area contributed by atoms with Gasteiger partial charge in [-0.15, -0.1) is 0 Å². The lowest BCUT2D eigenvalue weighted by atomic mass is 9.95. The van der Waals surface area contributed by atoms with Gasteiger partial charge in [-0.2, -0.15) is 0 Å². The summed E-state index contributed by atoms with van der Waals surface area (Å²) in [5, 5.41) is 10.5. The number of benzene rings is 1. The number of β-amino-alcohol motifs (C(OH)–C–C–N with tert-alkyl or cyclic N) is 1. The van der Waals surface area contributed by atoms with Crippen LogP contribution >= 0.6 is 11.6 Å². The van der Waals surface area contributed by atoms with Gasteiger partial charge in [0.15, 0.2) is 0 Å². The van der Waals surface area contributed by atoms with E-state index in [4.69, 9.17) is 11.6 Å². The normalized spacial score (nSPS) is 24.1. The number of amides is 1. The first-order chi connectivity index (χ1) is 8.50. The number of hydrogen-bond acceptors (Lipinski definition) is 2. The average molecular weight is 268 g/mol. The molecule has 0 bridgehead atoms. The molecule has 18 heavy (non-hydrogen) atoms. The highest BCUT2D eigenvalue weighted by Gasteiger charge is 2.28. The number of halogens is 1. The molecule has 0 saturated carbocycles. The van der Waals surface area contributed by atoms with E-state index in [1.54, 1.807) is 23.1 Å². The van der Waals surface area contributed by atoms with E-state index >= 15 is 0 Å². The van der Waals surface area contributed by atoms with Gasteiger partial charge in [-0.25, -0.2) is 0 Å². The van der Waals surface area contributed by atoms with Gasteiger partial charge in [0.05, 0.1) is 6.10 Å². The third kappa shape index (κ3) is 2.52. The first-order valence-electron chi connectivity index (χ1n) is 6.23. The second kappa shape index (κ2) is 5.29. The molecule has 1 aliphatic rings. The molecule has 1 aromatic carbocycles. The molecule has 3 nitrogen and oxygen atoms in total. The summed E-state index contributed by atoms with van der Waals surface area (Å²) in [7, 11) is 0. The summed E-state index contributed by atoms with van der Waals surface area (Å²) in [6.07, 6.45) is 0.411. The van der Waals surface area contributed by atoms with Crippen molar-refractivity contribution in [2.75, 3.05) is 13.1 Å². The number of rotatable bonds is 1. The van der Waals surface area contributed by atoms with Crippen LogP contribution < -0.4 is 0 Å². The van der Waals surface area contributed by atoms with E-state index in [9.17, 15) is 9.90 Å². The number of aliphatic hydroxyl groups is 1. The lowest BCUT2D eigenvalue weighted by Gasteiger charge is -2.34. The van der Waals surface area contributed by atoms with E-state index in [0.717, 1.165) is 12.0 Å². The third-order valence-corrected chi connectivity index (χ3v) is 4.11. The third-order valence-electron chi connectivity index (χ3n) is 3.70. The van der Waals surface area contributed by atoms with Crippen molar-refractivity contribution in [3.05, 3.63) is 34.3 Å².